The zero-order valence-electron chi connectivity index (χ0n) is 16.7. The predicted molar refractivity (Wildman–Crippen MR) is 115 cm³/mol. The van der Waals surface area contributed by atoms with Crippen LogP contribution in [0.15, 0.2) is 66.4 Å². The van der Waals surface area contributed by atoms with Crippen LogP contribution in [0, 0.1) is 0 Å². The third-order valence-electron chi connectivity index (χ3n) is 4.63. The van der Waals surface area contributed by atoms with Crippen LogP contribution in [0.1, 0.15) is 26.3 Å². The number of esters is 1. The molecule has 0 fully saturated rings. The van der Waals surface area contributed by atoms with E-state index in [0.29, 0.717) is 33.4 Å². The number of halogens is 1. The van der Waals surface area contributed by atoms with Gasteiger partial charge in [-0.3, -0.25) is 4.79 Å². The number of methoxy groups -OCH3 is 2. The van der Waals surface area contributed by atoms with E-state index in [0.717, 1.165) is 0 Å². The molecular formula is C24H17ClO6. The molecule has 1 aliphatic rings. The molecule has 0 radical (unpaired) electrons. The molecule has 0 aromatic heterocycles. The van der Waals surface area contributed by atoms with Crippen molar-refractivity contribution in [3.05, 3.63) is 88.1 Å². The summed E-state index contributed by atoms with van der Waals surface area (Å²) in [6.07, 6.45) is 1.58. The number of hydrogen-bond donors (Lipinski definition) is 0. The normalized spacial score (nSPS) is 13.5. The minimum atomic E-state index is -0.603. The summed E-state index contributed by atoms with van der Waals surface area (Å²) in [5.74, 6) is 0.726. The van der Waals surface area contributed by atoms with E-state index >= 15 is 0 Å². The van der Waals surface area contributed by atoms with Crippen LogP contribution in [-0.4, -0.2) is 26.0 Å². The molecule has 7 heteroatoms. The number of ketones is 1. The van der Waals surface area contributed by atoms with E-state index in [9.17, 15) is 9.59 Å². The molecule has 6 nitrogen and oxygen atoms in total. The molecule has 0 aliphatic carbocycles. The maximum absolute atomic E-state index is 12.6. The van der Waals surface area contributed by atoms with Crippen molar-refractivity contribution >= 4 is 29.4 Å². The molecule has 0 bridgehead atoms. The molecule has 0 saturated heterocycles. The molecule has 0 saturated carbocycles. The SMILES string of the molecule is COc1cc(OC)cc(C(=O)Oc2ccc3c(c2)O/C(=C\c2ccccc2Cl)C3=O)c1. The topological polar surface area (TPSA) is 71.1 Å². The fraction of sp³-hybridized carbons (Fsp3) is 0.0833. The van der Waals surface area contributed by atoms with Crippen LogP contribution in [0.4, 0.5) is 0 Å². The minimum absolute atomic E-state index is 0.143. The summed E-state index contributed by atoms with van der Waals surface area (Å²) in [6, 6.07) is 16.5. The molecule has 0 atom stereocenters. The van der Waals surface area contributed by atoms with E-state index in [1.54, 1.807) is 48.5 Å². The Balaban J connectivity index is 1.56. The smallest absolute Gasteiger partial charge is 0.343 e. The van der Waals surface area contributed by atoms with Crippen molar-refractivity contribution in [3.63, 3.8) is 0 Å². The monoisotopic (exact) mass is 436 g/mol. The summed E-state index contributed by atoms with van der Waals surface area (Å²) in [5.41, 5.74) is 1.30. The highest BCUT2D eigenvalue weighted by molar-refractivity contribution is 6.32. The van der Waals surface area contributed by atoms with Crippen LogP contribution < -0.4 is 18.9 Å². The first-order chi connectivity index (χ1) is 15.0. The standard InChI is InChI=1S/C24H17ClO6/c1-28-17-9-15(10-18(12-17)29-2)24(27)30-16-7-8-19-21(13-16)31-22(23(19)26)11-14-5-3-4-6-20(14)25/h3-13H,1-2H3/b22-11-. The lowest BCUT2D eigenvalue weighted by molar-refractivity contribution is 0.0733. The quantitative estimate of drug-likeness (QED) is 0.311. The lowest BCUT2D eigenvalue weighted by Crippen LogP contribution is -2.09. The van der Waals surface area contributed by atoms with Gasteiger partial charge in [0, 0.05) is 17.2 Å². The number of ether oxygens (including phenoxy) is 4. The Morgan fingerprint density at radius 2 is 1.65 bits per heavy atom. The number of hydrogen-bond acceptors (Lipinski definition) is 6. The van der Waals surface area contributed by atoms with Crippen molar-refractivity contribution in [1.82, 2.24) is 0 Å². The number of Topliss-reactive ketones (excluding diaryl/α,β-unsaturated/α-hetero) is 1. The molecule has 3 aromatic rings. The molecule has 0 amide bonds. The van der Waals surface area contributed by atoms with Crippen LogP contribution >= 0.6 is 11.6 Å². The highest BCUT2D eigenvalue weighted by Crippen LogP contribution is 2.36. The van der Waals surface area contributed by atoms with Crippen LogP contribution in [0.25, 0.3) is 6.08 Å². The number of benzene rings is 3. The molecule has 31 heavy (non-hydrogen) atoms. The molecule has 4 rings (SSSR count). The molecule has 3 aromatic carbocycles. The Morgan fingerprint density at radius 1 is 0.935 bits per heavy atom. The third kappa shape index (κ3) is 4.25. The lowest BCUT2D eigenvalue weighted by Gasteiger charge is -2.09. The predicted octanol–water partition coefficient (Wildman–Crippen LogP) is 5.19. The maximum Gasteiger partial charge on any atom is 0.343 e. The maximum atomic E-state index is 12.6. The van der Waals surface area contributed by atoms with Gasteiger partial charge in [-0.05, 0) is 42.0 Å². The zero-order valence-corrected chi connectivity index (χ0v) is 17.4. The Bertz CT molecular complexity index is 1190. The fourth-order valence-corrected chi connectivity index (χ4v) is 3.25. The number of carbonyl (C=O) groups excluding carboxylic acids is 2. The first-order valence-corrected chi connectivity index (χ1v) is 9.64. The number of fused-ring (bicyclic) bond motifs is 1. The van der Waals surface area contributed by atoms with Crippen molar-refractivity contribution in [2.24, 2.45) is 0 Å². The number of rotatable bonds is 5. The highest BCUT2D eigenvalue weighted by atomic mass is 35.5. The van der Waals surface area contributed by atoms with Crippen molar-refractivity contribution < 1.29 is 28.5 Å². The van der Waals surface area contributed by atoms with Gasteiger partial charge in [0.15, 0.2) is 5.76 Å². The summed E-state index contributed by atoms with van der Waals surface area (Å²) in [4.78, 5) is 25.2. The van der Waals surface area contributed by atoms with Gasteiger partial charge in [-0.15, -0.1) is 0 Å². The van der Waals surface area contributed by atoms with E-state index in [1.165, 1.54) is 26.4 Å². The van der Waals surface area contributed by atoms with Gasteiger partial charge in [-0.1, -0.05) is 29.8 Å². The summed E-state index contributed by atoms with van der Waals surface area (Å²) in [7, 11) is 2.99. The average molecular weight is 437 g/mol. The Hall–Kier alpha value is -3.77. The molecule has 0 N–H and O–H groups in total. The lowest BCUT2D eigenvalue weighted by atomic mass is 10.1. The largest absolute Gasteiger partial charge is 0.497 e. The van der Waals surface area contributed by atoms with E-state index in [1.807, 2.05) is 6.07 Å². The first kappa shape index (κ1) is 20.5. The van der Waals surface area contributed by atoms with Crippen LogP contribution in [0.3, 0.4) is 0 Å². The van der Waals surface area contributed by atoms with Crippen molar-refractivity contribution in [2.75, 3.05) is 14.2 Å². The van der Waals surface area contributed by atoms with Crippen molar-refractivity contribution in [1.29, 1.82) is 0 Å². The van der Waals surface area contributed by atoms with E-state index in [-0.39, 0.29) is 22.9 Å². The zero-order chi connectivity index (χ0) is 22.0. The number of allylic oxidation sites excluding steroid dienone is 1. The van der Waals surface area contributed by atoms with Gasteiger partial charge in [0.1, 0.15) is 23.0 Å². The second kappa shape index (κ2) is 8.53. The average Bonchev–Trinajstić information content (AvgIpc) is 3.09. The summed E-state index contributed by atoms with van der Waals surface area (Å²) in [5, 5.41) is 0.505. The van der Waals surface area contributed by atoms with E-state index in [4.69, 9.17) is 30.5 Å². The summed E-state index contributed by atoms with van der Waals surface area (Å²) >= 11 is 6.16. The van der Waals surface area contributed by atoms with Gasteiger partial charge in [-0.2, -0.15) is 0 Å². The van der Waals surface area contributed by atoms with Gasteiger partial charge >= 0.3 is 5.97 Å². The second-order valence-corrected chi connectivity index (χ2v) is 7.02. The number of carbonyl (C=O) groups is 2. The second-order valence-electron chi connectivity index (χ2n) is 6.61. The molecule has 1 aliphatic heterocycles. The summed E-state index contributed by atoms with van der Waals surface area (Å²) in [6.45, 7) is 0. The molecule has 0 spiro atoms. The molecule has 156 valence electrons. The molecule has 0 unspecified atom stereocenters. The van der Waals surface area contributed by atoms with Gasteiger partial charge in [0.05, 0.1) is 25.3 Å². The van der Waals surface area contributed by atoms with Crippen molar-refractivity contribution in [2.45, 2.75) is 0 Å². The molecule has 1 heterocycles. The Kier molecular flexibility index (Phi) is 5.64. The Morgan fingerprint density at radius 3 is 2.32 bits per heavy atom. The molecular weight excluding hydrogens is 420 g/mol. The van der Waals surface area contributed by atoms with Crippen LogP contribution in [0.2, 0.25) is 5.02 Å². The van der Waals surface area contributed by atoms with Gasteiger partial charge < -0.3 is 18.9 Å². The highest BCUT2D eigenvalue weighted by Gasteiger charge is 2.28. The van der Waals surface area contributed by atoms with Crippen molar-refractivity contribution in [3.8, 4) is 23.0 Å². The van der Waals surface area contributed by atoms with Crippen LogP contribution in [0.5, 0.6) is 23.0 Å². The van der Waals surface area contributed by atoms with Gasteiger partial charge in [0.2, 0.25) is 5.78 Å². The summed E-state index contributed by atoms with van der Waals surface area (Å²) < 4.78 is 21.5. The third-order valence-corrected chi connectivity index (χ3v) is 4.98. The fourth-order valence-electron chi connectivity index (χ4n) is 3.06. The van der Waals surface area contributed by atoms with E-state index < -0.39 is 5.97 Å². The minimum Gasteiger partial charge on any atom is -0.497 e. The van der Waals surface area contributed by atoms with Gasteiger partial charge in [0.25, 0.3) is 0 Å². The Labute approximate surface area is 183 Å². The van der Waals surface area contributed by atoms with Gasteiger partial charge in [-0.25, -0.2) is 4.79 Å². The van der Waals surface area contributed by atoms with E-state index in [2.05, 4.69) is 0 Å². The van der Waals surface area contributed by atoms with Crippen LogP contribution in [-0.2, 0) is 0 Å². The first-order valence-electron chi connectivity index (χ1n) is 9.26.